The Hall–Kier alpha value is -3.32. The van der Waals surface area contributed by atoms with Gasteiger partial charge in [0.1, 0.15) is 0 Å². The summed E-state index contributed by atoms with van der Waals surface area (Å²) >= 11 is 0. The molecule has 22 heavy (non-hydrogen) atoms. The van der Waals surface area contributed by atoms with Gasteiger partial charge in [-0.2, -0.15) is 0 Å². The van der Waals surface area contributed by atoms with Gasteiger partial charge >= 0.3 is 11.9 Å². The Balaban J connectivity index is 3.18. The maximum Gasteiger partial charge on any atom is 0.365 e. The molecule has 9 heteroatoms. The molecule has 0 aliphatic carbocycles. The lowest BCUT2D eigenvalue weighted by Crippen LogP contribution is -2.22. The highest BCUT2D eigenvalue weighted by Gasteiger charge is 2.10. The van der Waals surface area contributed by atoms with Crippen LogP contribution in [0.3, 0.4) is 0 Å². The molecule has 0 amide bonds. The first-order chi connectivity index (χ1) is 10.4. The number of ether oxygens (including phenoxy) is 1. The van der Waals surface area contributed by atoms with Crippen LogP contribution in [0.5, 0.6) is 0 Å². The second-order valence-corrected chi connectivity index (χ2v) is 3.74. The molecule has 0 spiro atoms. The monoisotopic (exact) mass is 303 g/mol. The Labute approximate surface area is 124 Å². The summed E-state index contributed by atoms with van der Waals surface area (Å²) in [5, 5.41) is 35.2. The van der Waals surface area contributed by atoms with Crippen molar-refractivity contribution in [2.75, 3.05) is 6.61 Å². The number of carbonyl (C=O) groups excluding carboxylic acids is 2. The number of esters is 1. The van der Waals surface area contributed by atoms with Gasteiger partial charge in [0, 0.05) is 5.56 Å². The highest BCUT2D eigenvalue weighted by Crippen LogP contribution is 2.19. The quantitative estimate of drug-likeness (QED) is 0.350. The van der Waals surface area contributed by atoms with Crippen molar-refractivity contribution in [1.29, 1.82) is 0 Å². The van der Waals surface area contributed by atoms with Gasteiger partial charge in [0.15, 0.2) is 5.70 Å². The molecular weight excluding hydrogens is 294 g/mol. The molecule has 0 aliphatic rings. The topological polar surface area (TPSA) is 151 Å². The minimum Gasteiger partial charge on any atom is -0.761 e. The van der Waals surface area contributed by atoms with Crippen LogP contribution in [0.15, 0.2) is 34.1 Å². The number of hydrogen-bond acceptors (Lipinski definition) is 7. The first-order valence-electron chi connectivity index (χ1n) is 5.84. The lowest BCUT2D eigenvalue weighted by atomic mass is 10.1. The third-order valence-corrected chi connectivity index (χ3v) is 2.24. The van der Waals surface area contributed by atoms with E-state index in [0.717, 1.165) is 18.2 Å². The van der Waals surface area contributed by atoms with Crippen molar-refractivity contribution in [2.24, 2.45) is 10.2 Å². The largest absolute Gasteiger partial charge is 0.761 e. The van der Waals surface area contributed by atoms with Gasteiger partial charge in [-0.05, 0) is 25.1 Å². The number of benzene rings is 1. The third-order valence-electron chi connectivity index (χ3n) is 2.24. The molecule has 0 fully saturated rings. The number of hydrogen-bond donors (Lipinski definition) is 1. The van der Waals surface area contributed by atoms with Gasteiger partial charge in [-0.3, -0.25) is 0 Å². The van der Waals surface area contributed by atoms with Crippen molar-refractivity contribution >= 4 is 29.5 Å². The van der Waals surface area contributed by atoms with Gasteiger partial charge in [-0.15, -0.1) is 10.2 Å². The zero-order valence-corrected chi connectivity index (χ0v) is 11.3. The van der Waals surface area contributed by atoms with Crippen molar-refractivity contribution in [2.45, 2.75) is 6.92 Å². The number of aromatic carboxylic acids is 2. The van der Waals surface area contributed by atoms with E-state index >= 15 is 0 Å². The smallest absolute Gasteiger partial charge is 0.365 e. The van der Waals surface area contributed by atoms with Crippen LogP contribution in [0.2, 0.25) is 0 Å². The number of nitrogens with zero attached hydrogens (tertiary/aromatic N) is 3. The van der Waals surface area contributed by atoms with E-state index in [2.05, 4.69) is 15.0 Å². The standard InChI is InChI=1S/C13H10N3O6/c1-2-22-13(21)10(6-14)16-15-9-4-7(11(17)18)3-8(5-9)12(19)20/h3-5H,2H2,1H3,(H,17,18)(H,19,20)/q-1/p-1. The second-order valence-electron chi connectivity index (χ2n) is 3.74. The summed E-state index contributed by atoms with van der Waals surface area (Å²) in [7, 11) is 0. The SMILES string of the molecule is CCOC(=O)C(=C=[N-])N=Nc1cc(C(=O)[O-])cc(C(=O)O)c1. The zero-order chi connectivity index (χ0) is 16.7. The first kappa shape index (κ1) is 16.7. The van der Waals surface area contributed by atoms with E-state index in [1.54, 1.807) is 0 Å². The Morgan fingerprint density at radius 2 is 1.95 bits per heavy atom. The van der Waals surface area contributed by atoms with Crippen molar-refractivity contribution in [1.82, 2.24) is 0 Å². The van der Waals surface area contributed by atoms with Crippen LogP contribution in [0.25, 0.3) is 5.41 Å². The van der Waals surface area contributed by atoms with Crippen molar-refractivity contribution in [3.05, 3.63) is 40.4 Å². The van der Waals surface area contributed by atoms with Crippen molar-refractivity contribution < 1.29 is 29.3 Å². The molecule has 1 aromatic carbocycles. The van der Waals surface area contributed by atoms with Crippen LogP contribution in [0, 0.1) is 0 Å². The minimum atomic E-state index is -1.60. The molecule has 0 unspecified atom stereocenters. The summed E-state index contributed by atoms with van der Waals surface area (Å²) in [5.74, 6) is -2.51. The van der Waals surface area contributed by atoms with Gasteiger partial charge in [0.25, 0.3) is 0 Å². The van der Waals surface area contributed by atoms with Crippen LogP contribution in [-0.2, 0) is 9.53 Å². The molecular formula is C13H9N3O6-2. The highest BCUT2D eigenvalue weighted by atomic mass is 16.5. The van der Waals surface area contributed by atoms with Gasteiger partial charge in [0.05, 0.1) is 23.8 Å². The molecule has 114 valence electrons. The summed E-state index contributed by atoms with van der Waals surface area (Å²) in [5.41, 5.74) is -1.61. The Bertz CT molecular complexity index is 671. The lowest BCUT2D eigenvalue weighted by molar-refractivity contribution is -0.255. The molecule has 1 N–H and O–H groups in total. The van der Waals surface area contributed by atoms with Crippen LogP contribution < -0.4 is 5.11 Å². The number of carbonyl (C=O) groups is 3. The fourth-order valence-electron chi connectivity index (χ4n) is 1.33. The molecule has 0 saturated heterocycles. The average molecular weight is 303 g/mol. The Morgan fingerprint density at radius 3 is 2.45 bits per heavy atom. The van der Waals surface area contributed by atoms with Gasteiger partial charge in [-0.1, -0.05) is 0 Å². The summed E-state index contributed by atoms with van der Waals surface area (Å²) in [6, 6.07) is 2.90. The van der Waals surface area contributed by atoms with Gasteiger partial charge in [0.2, 0.25) is 0 Å². The first-order valence-corrected chi connectivity index (χ1v) is 5.84. The maximum absolute atomic E-state index is 11.3. The van der Waals surface area contributed by atoms with E-state index in [1.807, 2.05) is 0 Å². The van der Waals surface area contributed by atoms with Crippen LogP contribution in [-0.4, -0.2) is 35.5 Å². The van der Waals surface area contributed by atoms with Crippen molar-refractivity contribution in [3.63, 3.8) is 0 Å². The number of rotatable bonds is 6. The molecule has 1 aromatic rings. The summed E-state index contributed by atoms with van der Waals surface area (Å²) < 4.78 is 4.56. The molecule has 0 heterocycles. The second kappa shape index (κ2) is 7.46. The van der Waals surface area contributed by atoms with E-state index in [1.165, 1.54) is 12.8 Å². The summed E-state index contributed by atoms with van der Waals surface area (Å²) in [4.78, 5) is 33.0. The molecule has 0 aromatic heterocycles. The van der Waals surface area contributed by atoms with Crippen LogP contribution in [0.1, 0.15) is 27.6 Å². The molecule has 1 rings (SSSR count). The normalized spacial score (nSPS) is 10.0. The number of azo groups is 1. The van der Waals surface area contributed by atoms with Gasteiger partial charge in [-0.25, -0.2) is 15.5 Å². The molecule has 0 saturated carbocycles. The molecule has 0 aliphatic heterocycles. The fourth-order valence-corrected chi connectivity index (χ4v) is 1.33. The van der Waals surface area contributed by atoms with Crippen LogP contribution in [0.4, 0.5) is 5.69 Å². The van der Waals surface area contributed by atoms with Gasteiger partial charge < -0.3 is 25.2 Å². The fraction of sp³-hybridized carbons (Fsp3) is 0.154. The predicted octanol–water partition coefficient (Wildman–Crippen LogP) is 0.518. The lowest BCUT2D eigenvalue weighted by Gasteiger charge is -2.05. The third kappa shape index (κ3) is 4.36. The van der Waals surface area contributed by atoms with Crippen LogP contribution >= 0.6 is 0 Å². The maximum atomic E-state index is 11.3. The Kier molecular flexibility index (Phi) is 5.67. The zero-order valence-electron chi connectivity index (χ0n) is 11.3. The molecule has 0 atom stereocenters. The van der Waals surface area contributed by atoms with E-state index in [-0.39, 0.29) is 17.9 Å². The predicted molar refractivity (Wildman–Crippen MR) is 70.8 cm³/mol. The number of carboxylic acid groups (broad SMARTS) is 2. The summed E-state index contributed by atoms with van der Waals surface area (Å²) in [6.45, 7) is 1.56. The van der Waals surface area contributed by atoms with E-state index in [4.69, 9.17) is 10.5 Å². The van der Waals surface area contributed by atoms with E-state index in [0.29, 0.717) is 0 Å². The molecule has 9 nitrogen and oxygen atoms in total. The number of carboxylic acids is 2. The Morgan fingerprint density at radius 1 is 1.32 bits per heavy atom. The minimum absolute atomic E-state index is 0.0306. The van der Waals surface area contributed by atoms with E-state index < -0.39 is 29.2 Å². The van der Waals surface area contributed by atoms with E-state index in [9.17, 15) is 19.5 Å². The molecule has 0 bridgehead atoms. The van der Waals surface area contributed by atoms with Crippen molar-refractivity contribution in [3.8, 4) is 0 Å². The average Bonchev–Trinajstić information content (AvgIpc) is 2.47. The summed E-state index contributed by atoms with van der Waals surface area (Å²) in [6.07, 6.45) is 0. The molecule has 0 radical (unpaired) electrons. The highest BCUT2D eigenvalue weighted by molar-refractivity contribution is 5.98.